The average Bonchev–Trinajstić information content (AvgIpc) is 2.83. The van der Waals surface area contributed by atoms with Crippen molar-refractivity contribution in [2.24, 2.45) is 0 Å². The molecule has 210 valence electrons. The lowest BCUT2D eigenvalue weighted by Crippen LogP contribution is -2.02. The molecule has 0 bridgehead atoms. The number of rotatable bonds is 29. The Morgan fingerprint density at radius 2 is 0.943 bits per heavy atom. The fourth-order valence-corrected chi connectivity index (χ4v) is 7.00. The fourth-order valence-electron chi connectivity index (χ4n) is 4.15. The molecule has 35 heavy (non-hydrogen) atoms. The van der Waals surface area contributed by atoms with Crippen LogP contribution in [0.3, 0.4) is 0 Å². The minimum absolute atomic E-state index is 0.371. The molecule has 0 aromatic carbocycles. The zero-order valence-electron chi connectivity index (χ0n) is 23.4. The SMILES string of the molecule is CCCCCCCCOCCC[P+](=O)CCCCCCP(=O)(O)CCCOCCCCCCCC. The van der Waals surface area contributed by atoms with E-state index in [1.165, 1.54) is 64.2 Å². The van der Waals surface area contributed by atoms with Crippen molar-refractivity contribution in [3.05, 3.63) is 0 Å². The summed E-state index contributed by atoms with van der Waals surface area (Å²) in [6.45, 7) is 7.40. The zero-order chi connectivity index (χ0) is 25.9. The zero-order valence-corrected chi connectivity index (χ0v) is 25.1. The summed E-state index contributed by atoms with van der Waals surface area (Å²) in [4.78, 5) is 10.1. The van der Waals surface area contributed by atoms with Crippen LogP contribution in [0.4, 0.5) is 0 Å². The van der Waals surface area contributed by atoms with Crippen LogP contribution in [0.2, 0.25) is 0 Å². The molecule has 0 heterocycles. The molecule has 0 saturated heterocycles. The van der Waals surface area contributed by atoms with Crippen molar-refractivity contribution >= 4 is 15.2 Å². The minimum atomic E-state index is -3.02. The van der Waals surface area contributed by atoms with Gasteiger partial charge in [-0.25, -0.2) is 0 Å². The maximum atomic E-state index is 12.3. The molecular formula is C28H59O5P2+. The Kier molecular flexibility index (Phi) is 27.4. The second kappa shape index (κ2) is 27.3. The van der Waals surface area contributed by atoms with Crippen LogP contribution in [0.1, 0.15) is 129 Å². The standard InChI is InChI=1S/C28H58O5P2/c1-3-5-7-9-11-15-21-32-23-19-26-34(29)25-17-13-14-18-27-35(30,31)28-20-24-33-22-16-12-10-8-6-4-2/h3-28H2,1-2H3/p+1. The highest BCUT2D eigenvalue weighted by Crippen LogP contribution is 2.42. The first-order valence-corrected chi connectivity index (χ1v) is 18.6. The van der Waals surface area contributed by atoms with Gasteiger partial charge in [0.25, 0.3) is 0 Å². The summed E-state index contributed by atoms with van der Waals surface area (Å²) in [7, 11) is -4.15. The van der Waals surface area contributed by atoms with Crippen molar-refractivity contribution in [3.63, 3.8) is 0 Å². The van der Waals surface area contributed by atoms with Gasteiger partial charge in [0.2, 0.25) is 7.37 Å². The van der Waals surface area contributed by atoms with E-state index in [1.54, 1.807) is 0 Å². The van der Waals surface area contributed by atoms with Crippen LogP contribution in [-0.4, -0.2) is 56.0 Å². The molecule has 1 N–H and O–H groups in total. The van der Waals surface area contributed by atoms with Crippen LogP contribution >= 0.6 is 15.2 Å². The first kappa shape index (κ1) is 35.2. The molecular weight excluding hydrogens is 478 g/mol. The molecule has 0 aliphatic heterocycles. The number of ether oxygens (including phenoxy) is 2. The summed E-state index contributed by atoms with van der Waals surface area (Å²) in [6, 6.07) is 0. The molecule has 2 atom stereocenters. The van der Waals surface area contributed by atoms with Gasteiger partial charge in [0.1, 0.15) is 12.3 Å². The maximum absolute atomic E-state index is 12.3. The van der Waals surface area contributed by atoms with Gasteiger partial charge in [-0.3, -0.25) is 4.57 Å². The van der Waals surface area contributed by atoms with Gasteiger partial charge in [0.15, 0.2) is 0 Å². The van der Waals surface area contributed by atoms with Crippen molar-refractivity contribution in [2.75, 3.05) is 51.1 Å². The molecule has 0 saturated carbocycles. The van der Waals surface area contributed by atoms with Gasteiger partial charge in [-0.05, 0) is 38.5 Å². The van der Waals surface area contributed by atoms with Gasteiger partial charge in [0, 0.05) is 38.6 Å². The second-order valence-corrected chi connectivity index (χ2v) is 14.5. The van der Waals surface area contributed by atoms with Crippen LogP contribution < -0.4 is 0 Å². The van der Waals surface area contributed by atoms with E-state index in [9.17, 15) is 14.0 Å². The van der Waals surface area contributed by atoms with E-state index in [4.69, 9.17) is 9.47 Å². The second-order valence-electron chi connectivity index (χ2n) is 10.1. The molecule has 0 aromatic rings. The van der Waals surface area contributed by atoms with Crippen molar-refractivity contribution in [1.29, 1.82) is 0 Å². The van der Waals surface area contributed by atoms with Crippen LogP contribution in [0, 0.1) is 0 Å². The highest BCUT2D eigenvalue weighted by atomic mass is 31.2. The molecule has 0 spiro atoms. The fraction of sp³-hybridized carbons (Fsp3) is 1.00. The quantitative estimate of drug-likeness (QED) is 0.0760. The smallest absolute Gasteiger partial charge is 0.338 e. The van der Waals surface area contributed by atoms with Crippen molar-refractivity contribution in [3.8, 4) is 0 Å². The monoisotopic (exact) mass is 537 g/mol. The summed E-state index contributed by atoms with van der Waals surface area (Å²) in [5.41, 5.74) is 0. The lowest BCUT2D eigenvalue weighted by molar-refractivity contribution is 0.130. The molecule has 0 rings (SSSR count). The third-order valence-corrected chi connectivity index (χ3v) is 10.1. The Balaban J connectivity index is 3.41. The number of hydrogen-bond acceptors (Lipinski definition) is 4. The summed E-state index contributed by atoms with van der Waals surface area (Å²) in [5, 5.41) is 0. The number of unbranched alkanes of at least 4 members (excludes halogenated alkanes) is 13. The Labute approximate surface area is 219 Å². The van der Waals surface area contributed by atoms with E-state index in [2.05, 4.69) is 13.8 Å². The lowest BCUT2D eigenvalue weighted by atomic mass is 10.1. The normalized spacial score (nSPS) is 13.7. The first-order chi connectivity index (χ1) is 17.0. The highest BCUT2D eigenvalue weighted by Gasteiger charge is 2.17. The van der Waals surface area contributed by atoms with E-state index in [-0.39, 0.29) is 0 Å². The first-order valence-electron chi connectivity index (χ1n) is 14.9. The maximum Gasteiger partial charge on any atom is 0.338 e. The third-order valence-electron chi connectivity index (χ3n) is 6.44. The van der Waals surface area contributed by atoms with Crippen LogP contribution in [0.5, 0.6) is 0 Å². The van der Waals surface area contributed by atoms with Crippen LogP contribution in [0.25, 0.3) is 0 Å². The van der Waals surface area contributed by atoms with Gasteiger partial charge < -0.3 is 14.4 Å². The largest absolute Gasteiger partial charge is 0.381 e. The Morgan fingerprint density at radius 3 is 1.54 bits per heavy atom. The minimum Gasteiger partial charge on any atom is -0.381 e. The molecule has 0 radical (unpaired) electrons. The van der Waals surface area contributed by atoms with Crippen molar-refractivity contribution in [1.82, 2.24) is 0 Å². The molecule has 0 aromatic heterocycles. The average molecular weight is 538 g/mol. The molecule has 5 nitrogen and oxygen atoms in total. The molecule has 0 amide bonds. The van der Waals surface area contributed by atoms with E-state index in [0.29, 0.717) is 25.4 Å². The third kappa shape index (κ3) is 28.6. The van der Waals surface area contributed by atoms with Gasteiger partial charge in [-0.1, -0.05) is 89.0 Å². The predicted molar refractivity (Wildman–Crippen MR) is 153 cm³/mol. The summed E-state index contributed by atoms with van der Waals surface area (Å²) in [6.07, 6.45) is 22.8. The Bertz CT molecular complexity index is 502. The van der Waals surface area contributed by atoms with Crippen molar-refractivity contribution < 1.29 is 23.5 Å². The van der Waals surface area contributed by atoms with E-state index >= 15 is 0 Å². The van der Waals surface area contributed by atoms with Gasteiger partial charge >= 0.3 is 7.80 Å². The van der Waals surface area contributed by atoms with E-state index in [1.807, 2.05) is 0 Å². The van der Waals surface area contributed by atoms with Crippen molar-refractivity contribution in [2.45, 2.75) is 129 Å². The lowest BCUT2D eigenvalue weighted by Gasteiger charge is -2.11. The summed E-state index contributed by atoms with van der Waals surface area (Å²) < 4.78 is 35.7. The van der Waals surface area contributed by atoms with Gasteiger partial charge in [-0.2, -0.15) is 0 Å². The Hall–Kier alpha value is 0.210. The highest BCUT2D eigenvalue weighted by molar-refractivity contribution is 7.57. The van der Waals surface area contributed by atoms with E-state index < -0.39 is 15.2 Å². The molecule has 0 aliphatic carbocycles. The summed E-state index contributed by atoms with van der Waals surface area (Å²) in [5.74, 6) is 0. The van der Waals surface area contributed by atoms with Crippen LogP contribution in [0.15, 0.2) is 0 Å². The number of hydrogen-bond donors (Lipinski definition) is 1. The van der Waals surface area contributed by atoms with E-state index in [0.717, 1.165) is 77.1 Å². The molecule has 0 fully saturated rings. The van der Waals surface area contributed by atoms with Crippen LogP contribution in [-0.2, 0) is 18.6 Å². The molecule has 7 heteroatoms. The van der Waals surface area contributed by atoms with Gasteiger partial charge in [0.05, 0.1) is 6.61 Å². The van der Waals surface area contributed by atoms with Gasteiger partial charge in [-0.15, -0.1) is 0 Å². The summed E-state index contributed by atoms with van der Waals surface area (Å²) >= 11 is 0. The topological polar surface area (TPSA) is 72.8 Å². The Morgan fingerprint density at radius 1 is 0.543 bits per heavy atom. The predicted octanol–water partition coefficient (Wildman–Crippen LogP) is 9.18. The molecule has 2 unspecified atom stereocenters. The molecule has 0 aliphatic rings.